The molecule has 0 aromatic heterocycles. The highest BCUT2D eigenvalue weighted by atomic mass is 16.5. The quantitative estimate of drug-likeness (QED) is 0.294. The predicted molar refractivity (Wildman–Crippen MR) is 145 cm³/mol. The van der Waals surface area contributed by atoms with Crippen LogP contribution in [0.2, 0.25) is 0 Å². The first-order valence-electron chi connectivity index (χ1n) is 12.1. The molecule has 1 aliphatic heterocycles. The molecule has 0 radical (unpaired) electrons. The fraction of sp³-hybridized carbons (Fsp3) is 0.241. The van der Waals surface area contributed by atoms with Crippen LogP contribution in [0, 0.1) is 0 Å². The number of benzene rings is 3. The van der Waals surface area contributed by atoms with Gasteiger partial charge in [0.15, 0.2) is 18.1 Å². The molecular formula is C29H30N2O7. The number of fused-ring (bicyclic) bond motifs is 1. The number of rotatable bonds is 11. The average molecular weight is 519 g/mol. The molecule has 9 nitrogen and oxygen atoms in total. The molecule has 4 rings (SSSR count). The van der Waals surface area contributed by atoms with Gasteiger partial charge in [0, 0.05) is 18.3 Å². The lowest BCUT2D eigenvalue weighted by atomic mass is 10.1. The van der Waals surface area contributed by atoms with E-state index in [1.54, 1.807) is 62.6 Å². The predicted octanol–water partition coefficient (Wildman–Crippen LogP) is 4.56. The Labute approximate surface area is 221 Å². The molecule has 1 N–H and O–H groups in total. The Morgan fingerprint density at radius 1 is 0.947 bits per heavy atom. The van der Waals surface area contributed by atoms with Gasteiger partial charge in [-0.2, -0.15) is 0 Å². The maximum Gasteiger partial charge on any atom is 0.265 e. The van der Waals surface area contributed by atoms with Crippen molar-refractivity contribution in [2.45, 2.75) is 6.42 Å². The molecule has 1 aliphatic rings. The summed E-state index contributed by atoms with van der Waals surface area (Å²) in [6.45, 7) is 0.845. The number of anilines is 2. The fourth-order valence-corrected chi connectivity index (χ4v) is 3.92. The maximum absolute atomic E-state index is 12.6. The van der Waals surface area contributed by atoms with E-state index in [9.17, 15) is 9.59 Å². The van der Waals surface area contributed by atoms with Gasteiger partial charge in [0.2, 0.25) is 5.91 Å². The lowest BCUT2D eigenvalue weighted by Gasteiger charge is -2.29. The zero-order chi connectivity index (χ0) is 26.9. The van der Waals surface area contributed by atoms with Crippen LogP contribution in [0.3, 0.4) is 0 Å². The van der Waals surface area contributed by atoms with Crippen LogP contribution in [0.5, 0.6) is 28.7 Å². The van der Waals surface area contributed by atoms with E-state index in [-0.39, 0.29) is 18.4 Å². The molecule has 38 heavy (non-hydrogen) atoms. The van der Waals surface area contributed by atoms with Crippen molar-refractivity contribution in [3.63, 3.8) is 0 Å². The van der Waals surface area contributed by atoms with Gasteiger partial charge in [0.1, 0.15) is 17.2 Å². The van der Waals surface area contributed by atoms with E-state index < -0.39 is 0 Å². The van der Waals surface area contributed by atoms with Gasteiger partial charge in [-0.25, -0.2) is 0 Å². The number of ether oxygens (including phenoxy) is 5. The number of nitrogens with zero attached hydrogens (tertiary/aromatic N) is 1. The SMILES string of the molecule is COc1ccc(OCCCN2C(=O)COc3ccc(NC(=O)/C=C/c4ccc(OC)c(OC)c4)cc32)cc1. The summed E-state index contributed by atoms with van der Waals surface area (Å²) in [4.78, 5) is 26.8. The number of hydrogen-bond donors (Lipinski definition) is 1. The smallest absolute Gasteiger partial charge is 0.265 e. The minimum Gasteiger partial charge on any atom is -0.497 e. The van der Waals surface area contributed by atoms with Gasteiger partial charge in [0.05, 0.1) is 33.6 Å². The lowest BCUT2D eigenvalue weighted by Crippen LogP contribution is -2.39. The van der Waals surface area contributed by atoms with Crippen LogP contribution in [-0.2, 0) is 9.59 Å². The van der Waals surface area contributed by atoms with Crippen LogP contribution in [0.4, 0.5) is 11.4 Å². The van der Waals surface area contributed by atoms with Gasteiger partial charge in [-0.3, -0.25) is 9.59 Å². The van der Waals surface area contributed by atoms with Crippen LogP contribution >= 0.6 is 0 Å². The largest absolute Gasteiger partial charge is 0.497 e. The summed E-state index contributed by atoms with van der Waals surface area (Å²) in [5, 5.41) is 2.84. The van der Waals surface area contributed by atoms with E-state index in [4.69, 9.17) is 23.7 Å². The molecule has 9 heteroatoms. The number of hydrogen-bond acceptors (Lipinski definition) is 7. The van der Waals surface area contributed by atoms with Gasteiger partial charge >= 0.3 is 0 Å². The number of amides is 2. The van der Waals surface area contributed by atoms with Crippen molar-refractivity contribution in [3.8, 4) is 28.7 Å². The third kappa shape index (κ3) is 6.56. The minimum atomic E-state index is -0.317. The number of carbonyl (C=O) groups excluding carboxylic acids is 2. The number of methoxy groups -OCH3 is 3. The Bertz CT molecular complexity index is 1300. The second-order valence-corrected chi connectivity index (χ2v) is 8.33. The van der Waals surface area contributed by atoms with E-state index in [1.165, 1.54) is 6.08 Å². The molecule has 0 bridgehead atoms. The van der Waals surface area contributed by atoms with E-state index in [0.29, 0.717) is 48.2 Å². The van der Waals surface area contributed by atoms with Crippen molar-refractivity contribution in [3.05, 3.63) is 72.3 Å². The molecule has 0 saturated carbocycles. The van der Waals surface area contributed by atoms with Crippen LogP contribution < -0.4 is 33.9 Å². The summed E-state index contributed by atoms with van der Waals surface area (Å²) in [7, 11) is 4.73. The molecule has 0 saturated heterocycles. The van der Waals surface area contributed by atoms with Gasteiger partial charge in [-0.05, 0) is 72.7 Å². The monoisotopic (exact) mass is 518 g/mol. The molecule has 1 heterocycles. The molecule has 2 amide bonds. The Morgan fingerprint density at radius 3 is 2.45 bits per heavy atom. The van der Waals surface area contributed by atoms with Gasteiger partial charge in [0.25, 0.3) is 5.91 Å². The van der Waals surface area contributed by atoms with Crippen molar-refractivity contribution in [1.29, 1.82) is 0 Å². The third-order valence-electron chi connectivity index (χ3n) is 5.86. The highest BCUT2D eigenvalue weighted by Crippen LogP contribution is 2.35. The third-order valence-corrected chi connectivity index (χ3v) is 5.86. The molecule has 0 atom stereocenters. The highest BCUT2D eigenvalue weighted by molar-refractivity contribution is 6.03. The van der Waals surface area contributed by atoms with E-state index >= 15 is 0 Å². The zero-order valence-electron chi connectivity index (χ0n) is 21.6. The Morgan fingerprint density at radius 2 is 1.71 bits per heavy atom. The van der Waals surface area contributed by atoms with Crippen LogP contribution in [0.15, 0.2) is 66.7 Å². The summed E-state index contributed by atoms with van der Waals surface area (Å²) >= 11 is 0. The van der Waals surface area contributed by atoms with E-state index in [1.807, 2.05) is 30.3 Å². The Balaban J connectivity index is 1.37. The maximum atomic E-state index is 12.6. The molecular weight excluding hydrogens is 488 g/mol. The summed E-state index contributed by atoms with van der Waals surface area (Å²) < 4.78 is 27.1. The second kappa shape index (κ2) is 12.5. The van der Waals surface area contributed by atoms with Gasteiger partial charge < -0.3 is 33.9 Å². The van der Waals surface area contributed by atoms with E-state index in [0.717, 1.165) is 17.1 Å². The van der Waals surface area contributed by atoms with Crippen molar-refractivity contribution in [2.75, 3.05) is 51.3 Å². The first-order valence-corrected chi connectivity index (χ1v) is 12.1. The molecule has 3 aromatic carbocycles. The lowest BCUT2D eigenvalue weighted by molar-refractivity contribution is -0.121. The fourth-order valence-electron chi connectivity index (χ4n) is 3.92. The van der Waals surface area contributed by atoms with Crippen LogP contribution in [-0.4, -0.2) is 52.9 Å². The summed E-state index contributed by atoms with van der Waals surface area (Å²) in [5.41, 5.74) is 1.93. The molecule has 0 aliphatic carbocycles. The molecule has 0 fully saturated rings. The molecule has 3 aromatic rings. The molecule has 198 valence electrons. The molecule has 0 unspecified atom stereocenters. The summed E-state index contributed by atoms with van der Waals surface area (Å²) in [6, 6.07) is 17.9. The van der Waals surface area contributed by atoms with Crippen molar-refractivity contribution < 1.29 is 33.3 Å². The van der Waals surface area contributed by atoms with Crippen molar-refractivity contribution in [1.82, 2.24) is 0 Å². The normalized spacial score (nSPS) is 12.5. The van der Waals surface area contributed by atoms with Gasteiger partial charge in [-0.1, -0.05) is 6.07 Å². The first-order chi connectivity index (χ1) is 18.5. The zero-order valence-corrected chi connectivity index (χ0v) is 21.6. The van der Waals surface area contributed by atoms with Crippen molar-refractivity contribution >= 4 is 29.3 Å². The number of carbonyl (C=O) groups is 2. The molecule has 0 spiro atoms. The van der Waals surface area contributed by atoms with Crippen LogP contribution in [0.1, 0.15) is 12.0 Å². The average Bonchev–Trinajstić information content (AvgIpc) is 2.95. The summed E-state index contributed by atoms with van der Waals surface area (Å²) in [5.74, 6) is 2.78. The second-order valence-electron chi connectivity index (χ2n) is 8.33. The summed E-state index contributed by atoms with van der Waals surface area (Å²) in [6.07, 6.45) is 3.72. The van der Waals surface area contributed by atoms with Gasteiger partial charge in [-0.15, -0.1) is 0 Å². The minimum absolute atomic E-state index is 0.0356. The standard InChI is InChI=1S/C29H30N2O7/c1-34-22-8-10-23(11-9-22)37-16-4-15-31-24-18-21(7-13-25(24)38-19-29(31)33)30-28(32)14-6-20-5-12-26(35-2)27(17-20)36-3/h5-14,17-18H,4,15-16,19H2,1-3H3,(H,30,32)/b14-6+. The Kier molecular flexibility index (Phi) is 8.71. The highest BCUT2D eigenvalue weighted by Gasteiger charge is 2.25. The topological polar surface area (TPSA) is 95.6 Å². The Hall–Kier alpha value is -4.66. The van der Waals surface area contributed by atoms with Crippen molar-refractivity contribution in [2.24, 2.45) is 0 Å². The first kappa shape index (κ1) is 26.4. The van der Waals surface area contributed by atoms with E-state index in [2.05, 4.69) is 5.32 Å². The number of nitrogens with one attached hydrogen (secondary N) is 1. The van der Waals surface area contributed by atoms with Crippen LogP contribution in [0.25, 0.3) is 6.08 Å².